The molecule has 6 fully saturated rings. The maximum atomic E-state index is 15.5. The third-order valence-electron chi connectivity index (χ3n) is 18.1. The van der Waals surface area contributed by atoms with Gasteiger partial charge in [-0.3, -0.25) is 9.59 Å². The van der Waals surface area contributed by atoms with Gasteiger partial charge in [0.1, 0.15) is 35.4 Å². The zero-order valence-corrected chi connectivity index (χ0v) is 48.3. The minimum atomic E-state index is -1.02. The van der Waals surface area contributed by atoms with Crippen LogP contribution in [0.4, 0.5) is 31.8 Å². The number of fused-ring (bicyclic) bond motifs is 2. The molecule has 22 heteroatoms. The molecule has 19 nitrogen and oxygen atoms in total. The lowest BCUT2D eigenvalue weighted by Crippen LogP contribution is -2.54. The average Bonchev–Trinajstić information content (AvgIpc) is 4.36. The van der Waals surface area contributed by atoms with Crippen molar-refractivity contribution in [3.05, 3.63) is 101 Å². The van der Waals surface area contributed by atoms with E-state index in [1.807, 2.05) is 44.3 Å². The molecule has 5 aliphatic heterocycles. The Morgan fingerprint density at radius 1 is 0.843 bits per heavy atom. The van der Waals surface area contributed by atoms with Gasteiger partial charge in [-0.25, -0.2) is 18.7 Å². The van der Waals surface area contributed by atoms with E-state index in [2.05, 4.69) is 62.4 Å². The predicted molar refractivity (Wildman–Crippen MR) is 311 cm³/mol. The summed E-state index contributed by atoms with van der Waals surface area (Å²) in [6, 6.07) is 15.9. The average molecular weight is 1160 g/mol. The molecule has 2 amide bonds. The Balaban J connectivity index is 0.569. The standard InChI is InChI=1S/C61H74F2N12O7S/c1-34(2)57(61(79)74-32-41(76)22-52(74)60(78)67-35(3)46-25-49(63)47(26-48(46)62)58-36(4)66-33-83-58)54-28-55(70-82-54)72-19-12-37(13-20-72)29-71-17-14-42(15-18-71)80-43-23-44(24-43)81-56-21-38(11-16-65-56)75-39-9-10-40(75)31-73(30-39)51-27-50(68-69-59(51)64)45-7-5-6-8-53(45)77/h5-8,11,16,21,25-28,33-35,37,39-44,52,57,76-77H,9-10,12-15,17-20,22-24,29-32H2,1-4H3,(H2,64,69)(H,67,78)/t35-,39?,40?,41+,43-,44-,52-,57-/m0/s1. The monoisotopic (exact) mass is 1160 g/mol. The van der Waals surface area contributed by atoms with Gasteiger partial charge >= 0.3 is 0 Å². The highest BCUT2D eigenvalue weighted by Gasteiger charge is 2.45. The lowest BCUT2D eigenvalue weighted by atomic mass is 9.91. The maximum absolute atomic E-state index is 15.5. The number of hydrogen-bond acceptors (Lipinski definition) is 18. The molecule has 9 heterocycles. The van der Waals surface area contributed by atoms with Crippen LogP contribution in [-0.2, 0) is 14.3 Å². The second-order valence-corrected chi connectivity index (χ2v) is 24.9. The molecule has 12 rings (SSSR count). The summed E-state index contributed by atoms with van der Waals surface area (Å²) in [4.78, 5) is 48.5. The first-order chi connectivity index (χ1) is 40.1. The Bertz CT molecular complexity index is 3280. The summed E-state index contributed by atoms with van der Waals surface area (Å²) in [6.07, 6.45) is 9.25. The number of halogens is 2. The predicted octanol–water partition coefficient (Wildman–Crippen LogP) is 8.27. The largest absolute Gasteiger partial charge is 0.507 e. The molecule has 0 spiro atoms. The number of benzene rings is 2. The quantitative estimate of drug-likeness (QED) is 0.0674. The fourth-order valence-corrected chi connectivity index (χ4v) is 14.4. The van der Waals surface area contributed by atoms with Crippen LogP contribution in [0.2, 0.25) is 0 Å². The number of likely N-dealkylation sites (tertiary alicyclic amines) is 2. The highest BCUT2D eigenvalue weighted by Crippen LogP contribution is 2.42. The van der Waals surface area contributed by atoms with Crippen LogP contribution in [0.15, 0.2) is 76.9 Å². The Labute approximate surface area is 486 Å². The van der Waals surface area contributed by atoms with Crippen molar-refractivity contribution in [1.82, 2.24) is 40.4 Å². The summed E-state index contributed by atoms with van der Waals surface area (Å²) in [7, 11) is 0. The van der Waals surface area contributed by atoms with Gasteiger partial charge in [-0.05, 0) is 101 Å². The second-order valence-electron chi connectivity index (χ2n) is 24.0. The van der Waals surface area contributed by atoms with Gasteiger partial charge in [0.25, 0.3) is 0 Å². The van der Waals surface area contributed by atoms with E-state index in [-0.39, 0.29) is 72.1 Å². The first-order valence-electron chi connectivity index (χ1n) is 29.5. The van der Waals surface area contributed by atoms with E-state index < -0.39 is 41.6 Å². The summed E-state index contributed by atoms with van der Waals surface area (Å²) in [5.41, 5.74) is 11.8. The van der Waals surface area contributed by atoms with Gasteiger partial charge in [-0.1, -0.05) is 31.1 Å². The Morgan fingerprint density at radius 3 is 2.33 bits per heavy atom. The minimum Gasteiger partial charge on any atom is -0.507 e. The van der Waals surface area contributed by atoms with Gasteiger partial charge in [-0.2, -0.15) is 0 Å². The van der Waals surface area contributed by atoms with Gasteiger partial charge < -0.3 is 59.8 Å². The molecule has 0 radical (unpaired) electrons. The number of aromatic nitrogens is 5. The fraction of sp³-hybridized carbons (Fsp3) is 0.525. The molecule has 5 saturated heterocycles. The maximum Gasteiger partial charge on any atom is 0.243 e. The number of β-amino-alcohol motifs (C(OH)–C–C–N with tert-alkyl or cyclic N) is 1. The van der Waals surface area contributed by atoms with Crippen molar-refractivity contribution in [3.63, 3.8) is 0 Å². The molecule has 1 aliphatic carbocycles. The summed E-state index contributed by atoms with van der Waals surface area (Å²) < 4.78 is 49.8. The Hall–Kier alpha value is -7.01. The van der Waals surface area contributed by atoms with Crippen molar-refractivity contribution in [2.24, 2.45) is 11.8 Å². The van der Waals surface area contributed by atoms with Crippen molar-refractivity contribution in [2.75, 3.05) is 72.8 Å². The number of aliphatic hydroxyl groups is 1. The second kappa shape index (κ2) is 23.9. The Kier molecular flexibility index (Phi) is 16.3. The van der Waals surface area contributed by atoms with Crippen molar-refractivity contribution >= 4 is 46.2 Å². The molecule has 2 bridgehead atoms. The molecule has 6 aromatic rings. The number of piperidine rings is 2. The number of aromatic hydroxyl groups is 1. The van der Waals surface area contributed by atoms with Crippen LogP contribution in [0.5, 0.6) is 11.6 Å². The SMILES string of the molecule is Cc1ncsc1-c1cc(F)c([C@H](C)NC(=O)[C@@H]2C[C@@H](O)CN2C(=O)[C@H](c2cc(N3CCC(CN4CCC(O[C@H]5C[C@H](Oc6cc(N7C8CCC7CN(c7cc(-c9ccccc9O)nnc7N)C8)ccn6)C5)CC4)CC3)no2)C(C)C)cc1F. The number of para-hydroxylation sites is 1. The number of aryl methyl sites for hydroxylation is 1. The smallest absolute Gasteiger partial charge is 0.243 e. The molecular weight excluding hydrogens is 1080 g/mol. The van der Waals surface area contributed by atoms with Gasteiger partial charge in [0.2, 0.25) is 17.7 Å². The summed E-state index contributed by atoms with van der Waals surface area (Å²) in [5.74, 6) is -0.446. The number of amides is 2. The van der Waals surface area contributed by atoms with Crippen LogP contribution in [0.25, 0.3) is 21.7 Å². The summed E-state index contributed by atoms with van der Waals surface area (Å²) in [5, 5.41) is 37.0. The number of piperazine rings is 1. The lowest BCUT2D eigenvalue weighted by Gasteiger charge is -2.43. The van der Waals surface area contributed by atoms with Crippen LogP contribution in [0.1, 0.15) is 108 Å². The summed E-state index contributed by atoms with van der Waals surface area (Å²) in [6.45, 7) is 13.3. The van der Waals surface area contributed by atoms with Crippen LogP contribution in [0, 0.1) is 30.4 Å². The molecule has 4 aromatic heterocycles. The third-order valence-corrected chi connectivity index (χ3v) is 19.0. The molecule has 6 aliphatic rings. The van der Waals surface area contributed by atoms with Crippen LogP contribution >= 0.6 is 11.3 Å². The first kappa shape index (κ1) is 56.5. The van der Waals surface area contributed by atoms with E-state index in [4.69, 9.17) is 19.7 Å². The highest BCUT2D eigenvalue weighted by atomic mass is 32.1. The number of pyridine rings is 1. The zero-order chi connectivity index (χ0) is 57.6. The number of nitrogen functional groups attached to an aromatic ring is 1. The van der Waals surface area contributed by atoms with Crippen molar-refractivity contribution in [3.8, 4) is 33.3 Å². The van der Waals surface area contributed by atoms with Crippen molar-refractivity contribution in [2.45, 2.75) is 140 Å². The number of nitrogens with one attached hydrogen (secondary N) is 1. The Morgan fingerprint density at radius 2 is 1.60 bits per heavy atom. The van der Waals surface area contributed by atoms with E-state index in [1.165, 1.54) is 16.2 Å². The van der Waals surface area contributed by atoms with Gasteiger partial charge in [0.15, 0.2) is 17.4 Å². The number of phenolic OH excluding ortho intramolecular Hbond substituents is 1. The molecule has 1 saturated carbocycles. The molecule has 6 atom stereocenters. The fourth-order valence-electron chi connectivity index (χ4n) is 13.5. The lowest BCUT2D eigenvalue weighted by molar-refractivity contribution is -0.141. The van der Waals surface area contributed by atoms with Crippen LogP contribution in [0.3, 0.4) is 0 Å². The minimum absolute atomic E-state index is 0.00403. The van der Waals surface area contributed by atoms with E-state index in [0.717, 1.165) is 121 Å². The number of hydrogen-bond donors (Lipinski definition) is 4. The molecule has 5 N–H and O–H groups in total. The number of rotatable bonds is 17. The van der Waals surface area contributed by atoms with Crippen LogP contribution < -0.4 is 30.5 Å². The number of phenols is 1. The molecule has 440 valence electrons. The molecular formula is C61H74F2N12O7S. The van der Waals surface area contributed by atoms with E-state index in [0.29, 0.717) is 51.0 Å². The molecule has 2 unspecified atom stereocenters. The zero-order valence-electron chi connectivity index (χ0n) is 47.4. The van der Waals surface area contributed by atoms with Gasteiger partial charge in [-0.15, -0.1) is 21.5 Å². The van der Waals surface area contributed by atoms with E-state index in [1.54, 1.807) is 31.5 Å². The van der Waals surface area contributed by atoms with Gasteiger partial charge in [0.05, 0.1) is 51.8 Å². The molecule has 2 aromatic carbocycles. The normalized spacial score (nSPS) is 24.1. The number of anilines is 4. The van der Waals surface area contributed by atoms with Gasteiger partial charge in [0, 0.05) is 124 Å². The topological polar surface area (TPSA) is 225 Å². The summed E-state index contributed by atoms with van der Waals surface area (Å²) >= 11 is 1.22. The van der Waals surface area contributed by atoms with Crippen LogP contribution in [-0.4, -0.2) is 152 Å². The number of ether oxygens (including phenoxy) is 2. The number of nitrogens with two attached hydrogens (primary N) is 1. The number of carbonyl (C=O) groups is 2. The van der Waals surface area contributed by atoms with Crippen molar-refractivity contribution < 1.29 is 42.6 Å². The number of thiazole rings is 1. The van der Waals surface area contributed by atoms with E-state index in [9.17, 15) is 19.8 Å². The number of carbonyl (C=O) groups excluding carboxylic acids is 2. The number of nitrogens with zero attached hydrogens (tertiary/aromatic N) is 10. The molecule has 83 heavy (non-hydrogen) atoms. The van der Waals surface area contributed by atoms with Crippen molar-refractivity contribution in [1.29, 1.82) is 0 Å². The number of aliphatic hydroxyl groups excluding tert-OH is 1. The highest BCUT2D eigenvalue weighted by molar-refractivity contribution is 7.13. The van der Waals surface area contributed by atoms with E-state index >= 15 is 8.78 Å². The first-order valence-corrected chi connectivity index (χ1v) is 30.3. The third kappa shape index (κ3) is 11.9.